The summed E-state index contributed by atoms with van der Waals surface area (Å²) in [5.41, 5.74) is 0. The molecule has 0 bridgehead atoms. The van der Waals surface area contributed by atoms with Crippen molar-refractivity contribution in [3.8, 4) is 5.75 Å². The van der Waals surface area contributed by atoms with Gasteiger partial charge in [0, 0.05) is 37.2 Å². The van der Waals surface area contributed by atoms with Gasteiger partial charge in [-0.3, -0.25) is 14.6 Å². The van der Waals surface area contributed by atoms with Gasteiger partial charge in [-0.25, -0.2) is 4.21 Å². The Hall–Kier alpha value is -1.96. The van der Waals surface area contributed by atoms with E-state index in [-0.39, 0.29) is 17.1 Å². The van der Waals surface area contributed by atoms with E-state index in [1.54, 1.807) is 42.6 Å². The average Bonchev–Trinajstić information content (AvgIpc) is 2.75. The van der Waals surface area contributed by atoms with Gasteiger partial charge in [-0.15, -0.1) is 0 Å². The molecule has 3 rings (SSSR count). The molecule has 0 aromatic carbocycles. The molecule has 8 heteroatoms. The van der Waals surface area contributed by atoms with Crippen molar-refractivity contribution in [1.82, 2.24) is 9.88 Å². The second-order valence-electron chi connectivity index (χ2n) is 9.15. The van der Waals surface area contributed by atoms with Gasteiger partial charge in [-0.2, -0.15) is 4.36 Å². The number of carbonyl (C=O) groups is 2. The van der Waals surface area contributed by atoms with E-state index in [4.69, 9.17) is 4.74 Å². The molecule has 1 saturated heterocycles. The van der Waals surface area contributed by atoms with Gasteiger partial charge in [0.2, 0.25) is 0 Å². The van der Waals surface area contributed by atoms with E-state index in [2.05, 4.69) is 16.3 Å². The van der Waals surface area contributed by atoms with Crippen molar-refractivity contribution in [2.75, 3.05) is 19.3 Å². The summed E-state index contributed by atoms with van der Waals surface area (Å²) in [4.78, 5) is 30.9. The highest BCUT2D eigenvalue weighted by atomic mass is 32.2. The van der Waals surface area contributed by atoms with Gasteiger partial charge in [0.05, 0.1) is 15.9 Å². The number of piperidine rings is 1. The number of nitrogens with zero attached hydrogens (tertiary/aromatic N) is 3. The molecule has 2 atom stereocenters. The number of hydrogen-bond acceptors (Lipinski definition) is 5. The van der Waals surface area contributed by atoms with Gasteiger partial charge >= 0.3 is 0 Å². The lowest BCUT2D eigenvalue weighted by Crippen LogP contribution is -2.47. The number of aromatic nitrogens is 1. The predicted octanol–water partition coefficient (Wildman–Crippen LogP) is 3.68. The Bertz CT molecular complexity index is 866. The predicted molar refractivity (Wildman–Crippen MR) is 121 cm³/mol. The molecule has 2 amide bonds. The molecule has 1 aromatic rings. The first-order valence-electron chi connectivity index (χ1n) is 11.3. The van der Waals surface area contributed by atoms with Gasteiger partial charge in [-0.1, -0.05) is 19.8 Å². The number of pyridine rings is 1. The second kappa shape index (κ2) is 10.6. The molecule has 1 saturated carbocycles. The summed E-state index contributed by atoms with van der Waals surface area (Å²) < 4.78 is 23.0. The van der Waals surface area contributed by atoms with Crippen LogP contribution in [0.4, 0.5) is 0 Å². The van der Waals surface area contributed by atoms with Crippen LogP contribution < -0.4 is 4.74 Å². The van der Waals surface area contributed by atoms with Crippen LogP contribution in [0.2, 0.25) is 0 Å². The number of amides is 2. The van der Waals surface area contributed by atoms with Gasteiger partial charge in [0.1, 0.15) is 5.75 Å². The lowest BCUT2D eigenvalue weighted by atomic mass is 9.81. The van der Waals surface area contributed by atoms with Crippen LogP contribution in [0, 0.1) is 11.8 Å². The van der Waals surface area contributed by atoms with E-state index in [1.165, 1.54) is 0 Å². The largest absolute Gasteiger partial charge is 0.479 e. The molecule has 2 unspecified atom stereocenters. The maximum atomic E-state index is 13.2. The topological polar surface area (TPSA) is 88.9 Å². The molecule has 1 aromatic heterocycles. The molecule has 0 spiro atoms. The van der Waals surface area contributed by atoms with E-state index >= 15 is 0 Å². The third kappa shape index (κ3) is 6.76. The maximum Gasteiger partial charge on any atom is 0.263 e. The quantitative estimate of drug-likeness (QED) is 0.661. The minimum Gasteiger partial charge on any atom is -0.479 e. The van der Waals surface area contributed by atoms with Gasteiger partial charge < -0.3 is 9.64 Å². The van der Waals surface area contributed by atoms with Crippen molar-refractivity contribution in [2.45, 2.75) is 70.1 Å². The Morgan fingerprint density at radius 1 is 1.23 bits per heavy atom. The van der Waals surface area contributed by atoms with Crippen molar-refractivity contribution in [2.24, 2.45) is 16.2 Å². The van der Waals surface area contributed by atoms with Crippen LogP contribution >= 0.6 is 0 Å². The molecule has 0 radical (unpaired) electrons. The van der Waals surface area contributed by atoms with Crippen LogP contribution in [0.15, 0.2) is 28.9 Å². The smallest absolute Gasteiger partial charge is 0.263 e. The normalized spacial score (nSPS) is 25.3. The molecule has 0 N–H and O–H groups in total. The van der Waals surface area contributed by atoms with Crippen molar-refractivity contribution in [3.05, 3.63) is 24.5 Å². The van der Waals surface area contributed by atoms with Crippen LogP contribution in [0.3, 0.4) is 0 Å². The van der Waals surface area contributed by atoms with Crippen molar-refractivity contribution in [3.63, 3.8) is 0 Å². The molecule has 7 nitrogen and oxygen atoms in total. The highest BCUT2D eigenvalue weighted by Gasteiger charge is 2.31. The zero-order valence-electron chi connectivity index (χ0n) is 18.9. The third-order valence-electron chi connectivity index (χ3n) is 6.55. The Morgan fingerprint density at radius 2 is 1.90 bits per heavy atom. The molecule has 31 heavy (non-hydrogen) atoms. The van der Waals surface area contributed by atoms with Crippen LogP contribution in [-0.2, 0) is 19.3 Å². The van der Waals surface area contributed by atoms with E-state index in [9.17, 15) is 13.8 Å². The number of carbonyl (C=O) groups excluding carboxylic acids is 2. The summed E-state index contributed by atoms with van der Waals surface area (Å²) in [5.74, 6) is 1.36. The first-order chi connectivity index (χ1) is 14.7. The Labute approximate surface area is 186 Å². The van der Waals surface area contributed by atoms with Crippen LogP contribution in [-0.4, -0.2) is 56.6 Å². The summed E-state index contributed by atoms with van der Waals surface area (Å²) in [6.45, 7) is 4.98. The van der Waals surface area contributed by atoms with E-state index in [0.717, 1.165) is 31.6 Å². The summed E-state index contributed by atoms with van der Waals surface area (Å²) >= 11 is 0. The van der Waals surface area contributed by atoms with Crippen LogP contribution in [0.25, 0.3) is 0 Å². The van der Waals surface area contributed by atoms with Crippen molar-refractivity contribution >= 4 is 21.5 Å². The van der Waals surface area contributed by atoms with Crippen molar-refractivity contribution in [1.29, 1.82) is 0 Å². The minimum atomic E-state index is -2.61. The van der Waals surface area contributed by atoms with E-state index in [1.807, 2.05) is 0 Å². The summed E-state index contributed by atoms with van der Waals surface area (Å²) in [6, 6.07) is 3.52. The molecule has 2 heterocycles. The molecule has 2 aliphatic rings. The first-order valence-corrected chi connectivity index (χ1v) is 13.3. The third-order valence-corrected chi connectivity index (χ3v) is 8.82. The summed E-state index contributed by atoms with van der Waals surface area (Å²) in [6.07, 6.45) is 10.2. The summed E-state index contributed by atoms with van der Waals surface area (Å²) in [5, 5.41) is -0.165. The van der Waals surface area contributed by atoms with Crippen LogP contribution in [0.5, 0.6) is 5.75 Å². The lowest BCUT2D eigenvalue weighted by Gasteiger charge is -2.33. The van der Waals surface area contributed by atoms with Gasteiger partial charge in [0.15, 0.2) is 6.10 Å². The van der Waals surface area contributed by atoms with E-state index in [0.29, 0.717) is 44.0 Å². The molecular weight excluding hydrogens is 414 g/mol. The second-order valence-corrected chi connectivity index (χ2v) is 11.7. The summed E-state index contributed by atoms with van der Waals surface area (Å²) in [7, 11) is -2.61. The lowest BCUT2D eigenvalue weighted by molar-refractivity contribution is -0.138. The highest BCUT2D eigenvalue weighted by molar-refractivity contribution is 7.93. The maximum absolute atomic E-state index is 13.2. The molecule has 172 valence electrons. The first kappa shape index (κ1) is 23.7. The molecule has 1 aliphatic heterocycles. The molecule has 2 fully saturated rings. The Morgan fingerprint density at radius 3 is 2.52 bits per heavy atom. The number of hydrogen-bond donors (Lipinski definition) is 0. The fourth-order valence-corrected chi connectivity index (χ4v) is 6.25. The van der Waals surface area contributed by atoms with Crippen molar-refractivity contribution < 1.29 is 18.5 Å². The SMILES string of the molecule is CC1CCC(CC(=O)N=S(C)(=O)C2CCN(C(=O)C(C)Oc3cccnc3)CC2)CC1. The zero-order chi connectivity index (χ0) is 22.4. The fourth-order valence-electron chi connectivity index (χ4n) is 4.54. The highest BCUT2D eigenvalue weighted by Crippen LogP contribution is 2.31. The zero-order valence-corrected chi connectivity index (χ0v) is 19.7. The monoisotopic (exact) mass is 449 g/mol. The Kier molecular flexibility index (Phi) is 8.08. The molecule has 1 aliphatic carbocycles. The minimum absolute atomic E-state index is 0.0931. The number of likely N-dealkylation sites (tertiary alicyclic amines) is 1. The fraction of sp³-hybridized carbons (Fsp3) is 0.696. The van der Waals surface area contributed by atoms with E-state index < -0.39 is 15.8 Å². The van der Waals surface area contributed by atoms with Gasteiger partial charge in [-0.05, 0) is 56.6 Å². The average molecular weight is 450 g/mol. The van der Waals surface area contributed by atoms with Crippen LogP contribution in [0.1, 0.15) is 58.8 Å². The standard InChI is InChI=1S/C23H35N3O4S/c1-17-6-8-19(9-7-17)15-22(27)25-31(3,29)21-10-13-26(14-11-21)23(28)18(2)30-20-5-4-12-24-16-20/h4-5,12,16-19,21H,6-11,13-15H2,1-3H3. The molecular formula is C23H35N3O4S. The Balaban J connectivity index is 1.50. The number of ether oxygens (including phenoxy) is 1. The van der Waals surface area contributed by atoms with Gasteiger partial charge in [0.25, 0.3) is 11.8 Å². The number of rotatable bonds is 6.